The highest BCUT2D eigenvalue weighted by atomic mass is 127. The first-order valence-electron chi connectivity index (χ1n) is 3.54. The Kier molecular flexibility index (Phi) is 3.14. The first kappa shape index (κ1) is 11.4. The molecule has 0 radical (unpaired) electrons. The second kappa shape index (κ2) is 3.84. The van der Waals surface area contributed by atoms with Gasteiger partial charge in [-0.1, -0.05) is 0 Å². The molecule has 0 aromatic heterocycles. The van der Waals surface area contributed by atoms with Gasteiger partial charge in [0.05, 0.1) is 5.56 Å². The minimum absolute atomic E-state index is 0.0367. The highest BCUT2D eigenvalue weighted by Crippen LogP contribution is 2.23. The molecule has 0 amide bonds. The molecule has 0 atom stereocenters. The quantitative estimate of drug-likeness (QED) is 0.630. The summed E-state index contributed by atoms with van der Waals surface area (Å²) in [6, 6.07) is 4.73. The number of benzene rings is 1. The molecule has 0 bridgehead atoms. The summed E-state index contributed by atoms with van der Waals surface area (Å²) in [7, 11) is -4.33. The summed E-state index contributed by atoms with van der Waals surface area (Å²) in [5.74, 6) is 0. The number of hydrogen-bond donors (Lipinski definition) is 1. The zero-order valence-corrected chi connectivity index (χ0v) is 10.1. The fourth-order valence-electron chi connectivity index (χ4n) is 1.09. The van der Waals surface area contributed by atoms with Gasteiger partial charge in [0.1, 0.15) is 11.0 Å². The van der Waals surface area contributed by atoms with E-state index in [0.717, 1.165) is 0 Å². The van der Waals surface area contributed by atoms with E-state index in [2.05, 4.69) is 0 Å². The predicted molar refractivity (Wildman–Crippen MR) is 58.4 cm³/mol. The van der Waals surface area contributed by atoms with Crippen molar-refractivity contribution in [2.75, 3.05) is 0 Å². The van der Waals surface area contributed by atoms with Gasteiger partial charge in [-0.25, -0.2) is 0 Å². The number of hydrogen-bond acceptors (Lipinski definition) is 3. The van der Waals surface area contributed by atoms with Gasteiger partial charge < -0.3 is 0 Å². The standard InChI is InChI=1S/C8H6INO3S/c1-5-7(9)3-2-6(4-10)8(5)14(11,12)13/h2-3H,1H3,(H,11,12,13). The van der Waals surface area contributed by atoms with Crippen LogP contribution in [0.5, 0.6) is 0 Å². The van der Waals surface area contributed by atoms with Crippen LogP contribution in [0.1, 0.15) is 11.1 Å². The Morgan fingerprint density at radius 3 is 2.50 bits per heavy atom. The van der Waals surface area contributed by atoms with Crippen LogP contribution in [0.15, 0.2) is 17.0 Å². The zero-order chi connectivity index (χ0) is 10.9. The van der Waals surface area contributed by atoms with E-state index in [0.29, 0.717) is 9.13 Å². The third-order valence-corrected chi connectivity index (χ3v) is 3.93. The van der Waals surface area contributed by atoms with Gasteiger partial charge in [0, 0.05) is 3.57 Å². The third-order valence-electron chi connectivity index (χ3n) is 1.72. The molecule has 0 aliphatic heterocycles. The molecule has 1 aromatic rings. The molecule has 1 aromatic carbocycles. The van der Waals surface area contributed by atoms with Gasteiger partial charge in [0.25, 0.3) is 10.1 Å². The molecule has 0 spiro atoms. The first-order chi connectivity index (χ1) is 6.38. The molecule has 0 saturated heterocycles. The van der Waals surface area contributed by atoms with Gasteiger partial charge in [0.2, 0.25) is 0 Å². The van der Waals surface area contributed by atoms with Gasteiger partial charge in [-0.2, -0.15) is 13.7 Å². The topological polar surface area (TPSA) is 78.2 Å². The molecule has 4 nitrogen and oxygen atoms in total. The third kappa shape index (κ3) is 2.05. The maximum Gasteiger partial charge on any atom is 0.296 e. The maximum absolute atomic E-state index is 11.0. The summed E-state index contributed by atoms with van der Waals surface area (Å²) in [6.07, 6.45) is 0. The Hall–Kier alpha value is -0.650. The van der Waals surface area contributed by atoms with Crippen molar-refractivity contribution >= 4 is 32.7 Å². The number of nitrogens with zero attached hydrogens (tertiary/aromatic N) is 1. The molecule has 1 N–H and O–H groups in total. The van der Waals surface area contributed by atoms with E-state index < -0.39 is 10.1 Å². The van der Waals surface area contributed by atoms with Crippen molar-refractivity contribution in [3.63, 3.8) is 0 Å². The lowest BCUT2D eigenvalue weighted by molar-refractivity contribution is 0.482. The fourth-order valence-corrected chi connectivity index (χ4v) is 2.61. The molecular weight excluding hydrogens is 317 g/mol. The van der Waals surface area contributed by atoms with Crippen LogP contribution < -0.4 is 0 Å². The van der Waals surface area contributed by atoms with Gasteiger partial charge in [0.15, 0.2) is 0 Å². The lowest BCUT2D eigenvalue weighted by atomic mass is 10.1. The number of halogens is 1. The van der Waals surface area contributed by atoms with E-state index >= 15 is 0 Å². The average molecular weight is 323 g/mol. The van der Waals surface area contributed by atoms with Crippen molar-refractivity contribution in [3.05, 3.63) is 26.8 Å². The van der Waals surface area contributed by atoms with Crippen molar-refractivity contribution in [1.29, 1.82) is 5.26 Å². The molecule has 74 valence electrons. The molecule has 0 aliphatic carbocycles. The summed E-state index contributed by atoms with van der Waals surface area (Å²) < 4.78 is 31.6. The van der Waals surface area contributed by atoms with Crippen LogP contribution >= 0.6 is 22.6 Å². The minimum atomic E-state index is -4.33. The molecule has 1 rings (SSSR count). The Morgan fingerprint density at radius 2 is 2.07 bits per heavy atom. The van der Waals surface area contributed by atoms with Crippen LogP contribution in [0.3, 0.4) is 0 Å². The molecular formula is C8H6INO3S. The minimum Gasteiger partial charge on any atom is -0.282 e. The summed E-state index contributed by atoms with van der Waals surface area (Å²) >= 11 is 1.94. The van der Waals surface area contributed by atoms with Crippen molar-refractivity contribution in [1.82, 2.24) is 0 Å². The van der Waals surface area contributed by atoms with Gasteiger partial charge >= 0.3 is 0 Å². The fraction of sp³-hybridized carbons (Fsp3) is 0.125. The monoisotopic (exact) mass is 323 g/mol. The molecule has 0 unspecified atom stereocenters. The van der Waals surface area contributed by atoms with Crippen molar-refractivity contribution in [2.45, 2.75) is 11.8 Å². The highest BCUT2D eigenvalue weighted by Gasteiger charge is 2.19. The van der Waals surface area contributed by atoms with E-state index in [1.54, 1.807) is 19.1 Å². The van der Waals surface area contributed by atoms with Crippen LogP contribution in [0.25, 0.3) is 0 Å². The van der Waals surface area contributed by atoms with Crippen molar-refractivity contribution < 1.29 is 13.0 Å². The predicted octanol–water partition coefficient (Wildman–Crippen LogP) is 1.72. The lowest BCUT2D eigenvalue weighted by Crippen LogP contribution is -2.05. The van der Waals surface area contributed by atoms with Crippen LogP contribution in [0, 0.1) is 21.8 Å². The zero-order valence-electron chi connectivity index (χ0n) is 7.15. The molecule has 0 heterocycles. The number of rotatable bonds is 1. The smallest absolute Gasteiger partial charge is 0.282 e. The van der Waals surface area contributed by atoms with Crippen LogP contribution in [0.2, 0.25) is 0 Å². The van der Waals surface area contributed by atoms with E-state index in [4.69, 9.17) is 9.81 Å². The van der Waals surface area contributed by atoms with Crippen molar-refractivity contribution in [3.8, 4) is 6.07 Å². The SMILES string of the molecule is Cc1c(I)ccc(C#N)c1S(=O)(=O)O. The summed E-state index contributed by atoms with van der Waals surface area (Å²) in [5.41, 5.74) is 0.359. The summed E-state index contributed by atoms with van der Waals surface area (Å²) in [5, 5.41) is 8.67. The van der Waals surface area contributed by atoms with E-state index in [1.165, 1.54) is 6.07 Å². The highest BCUT2D eigenvalue weighted by molar-refractivity contribution is 14.1. The van der Waals surface area contributed by atoms with Crippen molar-refractivity contribution in [2.24, 2.45) is 0 Å². The van der Waals surface area contributed by atoms with E-state index in [9.17, 15) is 8.42 Å². The second-order valence-electron chi connectivity index (χ2n) is 2.64. The average Bonchev–Trinajstić information content (AvgIpc) is 2.07. The molecule has 0 aliphatic rings. The molecule has 0 fully saturated rings. The van der Waals surface area contributed by atoms with Crippen LogP contribution in [0.4, 0.5) is 0 Å². The molecule has 0 saturated carbocycles. The lowest BCUT2D eigenvalue weighted by Gasteiger charge is -2.05. The van der Waals surface area contributed by atoms with E-state index in [1.807, 2.05) is 22.6 Å². The largest absolute Gasteiger partial charge is 0.296 e. The maximum atomic E-state index is 11.0. The normalized spacial score (nSPS) is 11.0. The second-order valence-corrected chi connectivity index (χ2v) is 5.16. The Bertz CT molecular complexity index is 516. The first-order valence-corrected chi connectivity index (χ1v) is 6.06. The molecule has 6 heteroatoms. The van der Waals surface area contributed by atoms with E-state index in [-0.39, 0.29) is 10.5 Å². The Morgan fingerprint density at radius 1 is 1.50 bits per heavy atom. The summed E-state index contributed by atoms with van der Waals surface area (Å²) in [4.78, 5) is -0.299. The Balaban J connectivity index is 3.72. The van der Waals surface area contributed by atoms with Gasteiger partial charge in [-0.15, -0.1) is 0 Å². The number of nitriles is 1. The van der Waals surface area contributed by atoms with Gasteiger partial charge in [-0.05, 0) is 47.2 Å². The van der Waals surface area contributed by atoms with Crippen LogP contribution in [-0.4, -0.2) is 13.0 Å². The van der Waals surface area contributed by atoms with Gasteiger partial charge in [-0.3, -0.25) is 4.55 Å². The Labute approximate surface area is 95.4 Å². The van der Waals surface area contributed by atoms with Crippen LogP contribution in [-0.2, 0) is 10.1 Å². The molecule has 14 heavy (non-hydrogen) atoms. The summed E-state index contributed by atoms with van der Waals surface area (Å²) in [6.45, 7) is 1.55.